The smallest absolute Gasteiger partial charge is 0.462 e. The second kappa shape index (κ2) is 70.6. The van der Waals surface area contributed by atoms with Gasteiger partial charge in [0.15, 0.2) is 12.2 Å². The van der Waals surface area contributed by atoms with E-state index in [1.165, 1.54) is 193 Å². The Hall–Kier alpha value is -2.46. The molecule has 0 saturated heterocycles. The zero-order chi connectivity index (χ0) is 71.2. The highest BCUT2D eigenvalue weighted by Gasteiger charge is 2.30. The summed E-state index contributed by atoms with van der Waals surface area (Å²) in [5.41, 5.74) is 0. The lowest BCUT2D eigenvalue weighted by Crippen LogP contribution is -2.30. The molecular weight excluding hydrogens is 1270 g/mol. The summed E-state index contributed by atoms with van der Waals surface area (Å²) >= 11 is 0. The van der Waals surface area contributed by atoms with Crippen molar-refractivity contribution < 1.29 is 80.2 Å². The number of phosphoric acid groups is 2. The second-order valence-corrected chi connectivity index (χ2v) is 30.6. The van der Waals surface area contributed by atoms with Crippen LogP contribution in [0.4, 0.5) is 0 Å². The number of carbonyl (C=O) groups is 4. The molecule has 3 unspecified atom stereocenters. The molecule has 0 amide bonds. The molecule has 0 aliphatic carbocycles. The molecule has 0 fully saturated rings. The molecule has 17 nitrogen and oxygen atoms in total. The van der Waals surface area contributed by atoms with Gasteiger partial charge in [0.25, 0.3) is 0 Å². The minimum atomic E-state index is -4.97. The lowest BCUT2D eigenvalue weighted by molar-refractivity contribution is -0.161. The number of aliphatic hydroxyl groups excluding tert-OH is 1. The molecule has 0 bridgehead atoms. The number of ether oxygens (including phenoxy) is 4. The topological polar surface area (TPSA) is 237 Å². The first-order valence-electron chi connectivity index (χ1n) is 40.0. The Labute approximate surface area is 592 Å². The molecule has 0 aromatic carbocycles. The molecule has 0 spiro atoms. The van der Waals surface area contributed by atoms with Crippen LogP contribution in [0.5, 0.6) is 0 Å². The van der Waals surface area contributed by atoms with Gasteiger partial charge in [-0.05, 0) is 57.3 Å². The van der Waals surface area contributed by atoms with Crippen molar-refractivity contribution in [3.8, 4) is 0 Å². The van der Waals surface area contributed by atoms with E-state index in [2.05, 4.69) is 58.9 Å². The van der Waals surface area contributed by atoms with Gasteiger partial charge in [0.1, 0.15) is 19.3 Å². The molecule has 0 heterocycles. The van der Waals surface area contributed by atoms with Crippen LogP contribution in [0.25, 0.3) is 0 Å². The molecule has 572 valence electrons. The summed E-state index contributed by atoms with van der Waals surface area (Å²) in [6, 6.07) is 0. The van der Waals surface area contributed by atoms with E-state index in [0.29, 0.717) is 25.7 Å². The lowest BCUT2D eigenvalue weighted by atomic mass is 9.99. The van der Waals surface area contributed by atoms with Crippen LogP contribution in [0.3, 0.4) is 0 Å². The zero-order valence-corrected chi connectivity index (χ0v) is 64.5. The number of phosphoric ester groups is 2. The monoisotopic (exact) mass is 1420 g/mol. The van der Waals surface area contributed by atoms with Crippen molar-refractivity contribution in [1.82, 2.24) is 0 Å². The van der Waals surface area contributed by atoms with Gasteiger partial charge in [0, 0.05) is 25.7 Å². The third kappa shape index (κ3) is 70.4. The van der Waals surface area contributed by atoms with Gasteiger partial charge in [0.2, 0.25) is 0 Å². The summed E-state index contributed by atoms with van der Waals surface area (Å²) in [4.78, 5) is 72.9. The quantitative estimate of drug-likeness (QED) is 0.0169. The van der Waals surface area contributed by atoms with Gasteiger partial charge in [-0.3, -0.25) is 37.3 Å². The summed E-state index contributed by atoms with van der Waals surface area (Å²) < 4.78 is 68.6. The van der Waals surface area contributed by atoms with E-state index in [0.717, 1.165) is 115 Å². The third-order valence-electron chi connectivity index (χ3n) is 18.0. The van der Waals surface area contributed by atoms with Crippen LogP contribution in [0.1, 0.15) is 388 Å². The van der Waals surface area contributed by atoms with Crippen LogP contribution in [0, 0.1) is 5.92 Å². The fraction of sp³-hybridized carbons (Fsp3) is 0.897. The predicted octanol–water partition coefficient (Wildman–Crippen LogP) is 22.8. The highest BCUT2D eigenvalue weighted by atomic mass is 31.2. The van der Waals surface area contributed by atoms with Crippen LogP contribution >= 0.6 is 15.6 Å². The maximum absolute atomic E-state index is 13.1. The SMILES string of the molecule is CCCCCC/C=C\C=C/CCCCCCCC(=O)OC[C@H](COP(=O)(O)OC[C@@H](O)COP(=O)(O)OC[C@@H](COC(=O)CCCCCCCCCCC(C)CC)OC(=O)CCCCCCCCCCCCCCC)OC(=O)CCCCCCCCCCCCCCCCCCC. The van der Waals surface area contributed by atoms with E-state index in [9.17, 15) is 43.2 Å². The Morgan fingerprint density at radius 2 is 0.577 bits per heavy atom. The highest BCUT2D eigenvalue weighted by Crippen LogP contribution is 2.45. The van der Waals surface area contributed by atoms with Crippen molar-refractivity contribution in [2.75, 3.05) is 39.6 Å². The average Bonchev–Trinajstić information content (AvgIpc) is 1.25. The van der Waals surface area contributed by atoms with Gasteiger partial charge in [-0.15, -0.1) is 0 Å². The van der Waals surface area contributed by atoms with Crippen molar-refractivity contribution in [3.05, 3.63) is 24.3 Å². The number of esters is 4. The first-order chi connectivity index (χ1) is 47.1. The Bertz CT molecular complexity index is 1950. The van der Waals surface area contributed by atoms with E-state index >= 15 is 0 Å². The number of carbonyl (C=O) groups excluding carboxylic acids is 4. The normalized spacial score (nSPS) is 14.4. The number of rotatable bonds is 76. The van der Waals surface area contributed by atoms with E-state index in [1.807, 2.05) is 0 Å². The minimum absolute atomic E-state index is 0.102. The van der Waals surface area contributed by atoms with Crippen LogP contribution < -0.4 is 0 Å². The molecule has 6 atom stereocenters. The summed E-state index contributed by atoms with van der Waals surface area (Å²) in [5, 5.41) is 10.6. The molecule has 0 aliphatic rings. The van der Waals surface area contributed by atoms with Crippen LogP contribution in [0.15, 0.2) is 24.3 Å². The highest BCUT2D eigenvalue weighted by molar-refractivity contribution is 7.47. The van der Waals surface area contributed by atoms with Gasteiger partial charge < -0.3 is 33.8 Å². The first-order valence-corrected chi connectivity index (χ1v) is 43.0. The Morgan fingerprint density at radius 3 is 0.876 bits per heavy atom. The first kappa shape index (κ1) is 94.5. The number of aliphatic hydroxyl groups is 1. The third-order valence-corrected chi connectivity index (χ3v) is 19.9. The molecule has 19 heteroatoms. The average molecular weight is 1420 g/mol. The largest absolute Gasteiger partial charge is 0.472 e. The van der Waals surface area contributed by atoms with Crippen LogP contribution in [-0.2, 0) is 65.4 Å². The maximum Gasteiger partial charge on any atom is 0.472 e. The summed E-state index contributed by atoms with van der Waals surface area (Å²) in [5.74, 6) is -1.36. The lowest BCUT2D eigenvalue weighted by Gasteiger charge is -2.21. The van der Waals surface area contributed by atoms with Crippen molar-refractivity contribution in [2.24, 2.45) is 5.92 Å². The van der Waals surface area contributed by atoms with Gasteiger partial charge >= 0.3 is 39.5 Å². The summed E-state index contributed by atoms with van der Waals surface area (Å²) in [6.07, 6.45) is 63.0. The van der Waals surface area contributed by atoms with Gasteiger partial charge in [-0.2, -0.15) is 0 Å². The second-order valence-electron chi connectivity index (χ2n) is 27.7. The van der Waals surface area contributed by atoms with E-state index < -0.39 is 97.5 Å². The zero-order valence-electron chi connectivity index (χ0n) is 62.7. The number of hydrogen-bond donors (Lipinski definition) is 3. The van der Waals surface area contributed by atoms with E-state index in [4.69, 9.17) is 37.0 Å². The maximum atomic E-state index is 13.1. The van der Waals surface area contributed by atoms with Crippen LogP contribution in [-0.4, -0.2) is 96.7 Å². The van der Waals surface area contributed by atoms with Crippen LogP contribution in [0.2, 0.25) is 0 Å². The number of allylic oxidation sites excluding steroid dienone is 4. The van der Waals surface area contributed by atoms with Crippen molar-refractivity contribution in [3.63, 3.8) is 0 Å². The molecule has 0 aliphatic heterocycles. The standard InChI is InChI=1S/C78H148O17P2/c1-6-10-13-16-19-22-25-28-30-31-33-36-39-42-49-54-59-64-78(83)94-73(67-88-75(80)61-56-51-46-40-37-35-32-29-26-23-20-17-14-11-7-2)69-92-96(84,85)90-65-72(79)66-91-97(86,87)93-70-74(68-89-76(81)62-57-52-47-44-43-45-50-55-60-71(5)9-4)95-77(82)63-58-53-48-41-38-34-27-24-21-18-15-12-8-3/h23,26,29,32,71-74,79H,6-22,24-25,27-28,30-31,33-70H2,1-5H3,(H,84,85)(H,86,87)/b26-23-,32-29-/t71?,72-,73-,74-/m1/s1. The van der Waals surface area contributed by atoms with E-state index in [-0.39, 0.29) is 25.7 Å². The Kier molecular flexibility index (Phi) is 68.8. The van der Waals surface area contributed by atoms with Gasteiger partial charge in [-0.1, -0.05) is 335 Å². The molecule has 0 rings (SSSR count). The number of unbranched alkanes of at least 4 members (excludes halogenated alkanes) is 44. The fourth-order valence-electron chi connectivity index (χ4n) is 11.5. The van der Waals surface area contributed by atoms with Crippen molar-refractivity contribution in [1.29, 1.82) is 0 Å². The summed E-state index contributed by atoms with van der Waals surface area (Å²) in [7, 11) is -9.93. The molecule has 0 aromatic rings. The Balaban J connectivity index is 5.30. The molecule has 3 N–H and O–H groups in total. The molecule has 97 heavy (non-hydrogen) atoms. The van der Waals surface area contributed by atoms with Crippen molar-refractivity contribution >= 4 is 39.5 Å². The molecule has 0 aromatic heterocycles. The minimum Gasteiger partial charge on any atom is -0.462 e. The molecule has 0 saturated carbocycles. The van der Waals surface area contributed by atoms with Crippen molar-refractivity contribution in [2.45, 2.75) is 406 Å². The predicted molar refractivity (Wildman–Crippen MR) is 395 cm³/mol. The molecular formula is C78H148O17P2. The van der Waals surface area contributed by atoms with Gasteiger partial charge in [0.05, 0.1) is 26.4 Å². The fourth-order valence-corrected chi connectivity index (χ4v) is 13.1. The Morgan fingerprint density at radius 1 is 0.330 bits per heavy atom. The number of hydrogen-bond acceptors (Lipinski definition) is 15. The summed E-state index contributed by atoms with van der Waals surface area (Å²) in [6.45, 7) is 7.25. The molecule has 0 radical (unpaired) electrons. The van der Waals surface area contributed by atoms with E-state index in [1.54, 1.807) is 0 Å². The van der Waals surface area contributed by atoms with Gasteiger partial charge in [-0.25, -0.2) is 9.13 Å².